The smallest absolute Gasteiger partial charge is 0.219 e. The van der Waals surface area contributed by atoms with Crippen molar-refractivity contribution in [2.24, 2.45) is 0 Å². The Morgan fingerprint density at radius 2 is 1.84 bits per heavy atom. The van der Waals surface area contributed by atoms with Gasteiger partial charge in [-0.25, -0.2) is 4.98 Å². The lowest BCUT2D eigenvalue weighted by molar-refractivity contribution is 0.281. The molecule has 2 rings (SSSR count). The van der Waals surface area contributed by atoms with Crippen LogP contribution in [0.4, 0.5) is 0 Å². The fourth-order valence-corrected chi connectivity index (χ4v) is 1.63. The first kappa shape index (κ1) is 13.5. The van der Waals surface area contributed by atoms with Crippen LogP contribution in [-0.4, -0.2) is 16.6 Å². The number of aromatic nitrogens is 1. The molecule has 1 aromatic carbocycles. The third-order valence-electron chi connectivity index (χ3n) is 2.71. The van der Waals surface area contributed by atoms with E-state index in [-0.39, 0.29) is 6.61 Å². The van der Waals surface area contributed by atoms with Crippen molar-refractivity contribution in [2.75, 3.05) is 6.54 Å². The maximum Gasteiger partial charge on any atom is 0.219 e. The molecule has 1 aromatic heterocycles. The van der Waals surface area contributed by atoms with Crippen LogP contribution in [0.5, 0.6) is 11.6 Å². The molecule has 0 saturated heterocycles. The van der Waals surface area contributed by atoms with Gasteiger partial charge in [0.1, 0.15) is 5.75 Å². The van der Waals surface area contributed by atoms with Crippen molar-refractivity contribution in [3.8, 4) is 11.6 Å². The molecule has 0 bridgehead atoms. The van der Waals surface area contributed by atoms with E-state index in [0.717, 1.165) is 24.2 Å². The minimum atomic E-state index is 0.0393. The second-order valence-electron chi connectivity index (χ2n) is 4.19. The van der Waals surface area contributed by atoms with Gasteiger partial charge in [0, 0.05) is 18.8 Å². The van der Waals surface area contributed by atoms with Gasteiger partial charge in [-0.15, -0.1) is 0 Å². The highest BCUT2D eigenvalue weighted by molar-refractivity contribution is 5.30. The van der Waals surface area contributed by atoms with Gasteiger partial charge >= 0.3 is 0 Å². The van der Waals surface area contributed by atoms with Gasteiger partial charge < -0.3 is 15.2 Å². The zero-order valence-corrected chi connectivity index (χ0v) is 11.0. The summed E-state index contributed by atoms with van der Waals surface area (Å²) < 4.78 is 5.62. The first-order valence-electron chi connectivity index (χ1n) is 6.35. The Morgan fingerprint density at radius 3 is 2.42 bits per heavy atom. The van der Waals surface area contributed by atoms with Gasteiger partial charge in [-0.2, -0.15) is 0 Å². The molecule has 1 heterocycles. The van der Waals surface area contributed by atoms with Crippen LogP contribution >= 0.6 is 0 Å². The quantitative estimate of drug-likeness (QED) is 0.835. The molecule has 0 unspecified atom stereocenters. The van der Waals surface area contributed by atoms with Crippen LogP contribution in [-0.2, 0) is 13.2 Å². The van der Waals surface area contributed by atoms with E-state index in [1.807, 2.05) is 36.4 Å². The molecule has 0 radical (unpaired) electrons. The highest BCUT2D eigenvalue weighted by atomic mass is 16.5. The molecule has 2 N–H and O–H groups in total. The summed E-state index contributed by atoms with van der Waals surface area (Å²) in [4.78, 5) is 4.26. The average molecular weight is 258 g/mol. The Bertz CT molecular complexity index is 495. The van der Waals surface area contributed by atoms with E-state index in [1.54, 1.807) is 6.20 Å². The number of hydrogen-bond donors (Lipinski definition) is 2. The van der Waals surface area contributed by atoms with E-state index >= 15 is 0 Å². The molecule has 0 aliphatic carbocycles. The van der Waals surface area contributed by atoms with E-state index in [1.165, 1.54) is 0 Å². The first-order valence-corrected chi connectivity index (χ1v) is 6.35. The molecule has 0 amide bonds. The third-order valence-corrected chi connectivity index (χ3v) is 2.71. The lowest BCUT2D eigenvalue weighted by Crippen LogP contribution is -2.11. The molecule has 4 heteroatoms. The highest BCUT2D eigenvalue weighted by Crippen LogP contribution is 2.19. The minimum Gasteiger partial charge on any atom is -0.439 e. The number of pyridine rings is 1. The average Bonchev–Trinajstić information content (AvgIpc) is 2.47. The molecule has 0 spiro atoms. The molecule has 19 heavy (non-hydrogen) atoms. The Morgan fingerprint density at radius 1 is 1.11 bits per heavy atom. The van der Waals surface area contributed by atoms with Gasteiger partial charge in [0.05, 0.1) is 6.61 Å². The molecular weight excluding hydrogens is 240 g/mol. The summed E-state index contributed by atoms with van der Waals surface area (Å²) in [5, 5.41) is 12.2. The molecule has 0 saturated carbocycles. The van der Waals surface area contributed by atoms with Crippen LogP contribution in [0.1, 0.15) is 18.1 Å². The van der Waals surface area contributed by atoms with Crippen molar-refractivity contribution >= 4 is 0 Å². The van der Waals surface area contributed by atoms with E-state index in [9.17, 15) is 0 Å². The fourth-order valence-electron chi connectivity index (χ4n) is 1.63. The van der Waals surface area contributed by atoms with E-state index in [4.69, 9.17) is 9.84 Å². The molecule has 100 valence electrons. The van der Waals surface area contributed by atoms with Crippen LogP contribution in [0.2, 0.25) is 0 Å². The van der Waals surface area contributed by atoms with Gasteiger partial charge in [0.25, 0.3) is 0 Å². The number of ether oxygens (including phenoxy) is 1. The molecule has 0 fully saturated rings. The number of benzene rings is 1. The predicted molar refractivity (Wildman–Crippen MR) is 74.1 cm³/mol. The predicted octanol–water partition coefficient (Wildman–Crippen LogP) is 2.48. The molecule has 0 atom stereocenters. The lowest BCUT2D eigenvalue weighted by atomic mass is 10.2. The molecule has 2 aromatic rings. The number of nitrogens with zero attached hydrogens (tertiary/aromatic N) is 1. The van der Waals surface area contributed by atoms with Gasteiger partial charge in [0.2, 0.25) is 5.88 Å². The second kappa shape index (κ2) is 6.87. The zero-order valence-electron chi connectivity index (χ0n) is 11.0. The monoisotopic (exact) mass is 258 g/mol. The van der Waals surface area contributed by atoms with Crippen molar-refractivity contribution in [1.29, 1.82) is 0 Å². The van der Waals surface area contributed by atoms with E-state index in [2.05, 4.69) is 17.2 Å². The fraction of sp³-hybridized carbons (Fsp3) is 0.267. The van der Waals surface area contributed by atoms with Crippen molar-refractivity contribution in [1.82, 2.24) is 10.3 Å². The summed E-state index contributed by atoms with van der Waals surface area (Å²) in [5.41, 5.74) is 1.99. The Labute approximate surface area is 113 Å². The SMILES string of the molecule is CCNCc1ccc(Oc2ccc(CO)cc2)nc1. The summed E-state index contributed by atoms with van der Waals surface area (Å²) >= 11 is 0. The second-order valence-corrected chi connectivity index (χ2v) is 4.19. The normalized spacial score (nSPS) is 10.4. The number of aliphatic hydroxyl groups is 1. The molecule has 0 aliphatic rings. The number of rotatable bonds is 6. The van der Waals surface area contributed by atoms with Crippen molar-refractivity contribution in [2.45, 2.75) is 20.1 Å². The van der Waals surface area contributed by atoms with Crippen LogP contribution in [0, 0.1) is 0 Å². The van der Waals surface area contributed by atoms with Crippen molar-refractivity contribution in [3.05, 3.63) is 53.7 Å². The summed E-state index contributed by atoms with van der Waals surface area (Å²) in [6, 6.07) is 11.1. The molecule has 4 nitrogen and oxygen atoms in total. The van der Waals surface area contributed by atoms with Crippen LogP contribution < -0.4 is 10.1 Å². The Balaban J connectivity index is 1.98. The van der Waals surface area contributed by atoms with E-state index < -0.39 is 0 Å². The van der Waals surface area contributed by atoms with Crippen LogP contribution in [0.15, 0.2) is 42.6 Å². The molecular formula is C15H18N2O2. The van der Waals surface area contributed by atoms with Crippen molar-refractivity contribution < 1.29 is 9.84 Å². The van der Waals surface area contributed by atoms with Gasteiger partial charge in [-0.05, 0) is 29.8 Å². The van der Waals surface area contributed by atoms with Gasteiger partial charge in [0.15, 0.2) is 0 Å². The first-order chi connectivity index (χ1) is 9.31. The molecule has 0 aliphatic heterocycles. The maximum absolute atomic E-state index is 8.96. The zero-order chi connectivity index (χ0) is 13.5. The van der Waals surface area contributed by atoms with Crippen LogP contribution in [0.3, 0.4) is 0 Å². The Kier molecular flexibility index (Phi) is 4.89. The van der Waals surface area contributed by atoms with Crippen LogP contribution in [0.25, 0.3) is 0 Å². The number of aliphatic hydroxyl groups excluding tert-OH is 1. The summed E-state index contributed by atoms with van der Waals surface area (Å²) in [7, 11) is 0. The largest absolute Gasteiger partial charge is 0.439 e. The minimum absolute atomic E-state index is 0.0393. The topological polar surface area (TPSA) is 54.4 Å². The van der Waals surface area contributed by atoms with Gasteiger partial charge in [-0.1, -0.05) is 25.1 Å². The highest BCUT2D eigenvalue weighted by Gasteiger charge is 1.99. The Hall–Kier alpha value is -1.91. The van der Waals surface area contributed by atoms with Gasteiger partial charge in [-0.3, -0.25) is 0 Å². The maximum atomic E-state index is 8.96. The van der Waals surface area contributed by atoms with Crippen molar-refractivity contribution in [3.63, 3.8) is 0 Å². The number of nitrogens with one attached hydrogen (secondary N) is 1. The summed E-state index contributed by atoms with van der Waals surface area (Å²) in [5.74, 6) is 1.28. The lowest BCUT2D eigenvalue weighted by Gasteiger charge is -2.06. The van der Waals surface area contributed by atoms with E-state index in [0.29, 0.717) is 11.6 Å². The summed E-state index contributed by atoms with van der Waals surface area (Å²) in [6.07, 6.45) is 1.81. The summed E-state index contributed by atoms with van der Waals surface area (Å²) in [6.45, 7) is 3.86. The standard InChI is InChI=1S/C15H18N2O2/c1-2-16-9-13-5-8-15(17-10-13)19-14-6-3-12(11-18)4-7-14/h3-8,10,16,18H,2,9,11H2,1H3. The number of hydrogen-bond acceptors (Lipinski definition) is 4. The third kappa shape index (κ3) is 4.05.